The van der Waals surface area contributed by atoms with Crippen molar-refractivity contribution in [2.75, 3.05) is 7.11 Å². The Morgan fingerprint density at radius 2 is 1.57 bits per heavy atom. The van der Waals surface area contributed by atoms with Crippen LogP contribution >= 0.6 is 0 Å². The van der Waals surface area contributed by atoms with Crippen LogP contribution in [0.1, 0.15) is 50.9 Å². The molecule has 6 rings (SSSR count). The van der Waals surface area contributed by atoms with Crippen LogP contribution in [0.2, 0.25) is 0 Å². The minimum absolute atomic E-state index is 0.115. The fourth-order valence-corrected chi connectivity index (χ4v) is 5.78. The number of methoxy groups -OCH3 is 1. The zero-order valence-corrected chi connectivity index (χ0v) is 26.8. The maximum atomic E-state index is 14.1. The van der Waals surface area contributed by atoms with Gasteiger partial charge in [0.2, 0.25) is 5.82 Å². The largest absolute Gasteiger partial charge is 0.361 e. The number of H-pyrrole nitrogens is 1. The van der Waals surface area contributed by atoms with E-state index in [0.717, 1.165) is 33.6 Å². The number of nitrogens with one attached hydrogen (secondary N) is 1. The second kappa shape index (κ2) is 12.7. The van der Waals surface area contributed by atoms with Crippen molar-refractivity contribution in [3.63, 3.8) is 0 Å². The monoisotopic (exact) mass is 618 g/mol. The summed E-state index contributed by atoms with van der Waals surface area (Å²) in [5, 5.41) is 14.6. The summed E-state index contributed by atoms with van der Waals surface area (Å²) in [5.41, 5.74) is 4.77. The summed E-state index contributed by atoms with van der Waals surface area (Å²) >= 11 is 0. The molecule has 1 unspecified atom stereocenters. The number of nitrogens with zero attached hydrogens (tertiary/aromatic N) is 7. The van der Waals surface area contributed by atoms with Gasteiger partial charge in [-0.1, -0.05) is 99.6 Å². The van der Waals surface area contributed by atoms with E-state index in [-0.39, 0.29) is 5.41 Å². The summed E-state index contributed by atoms with van der Waals surface area (Å²) < 4.78 is 10.3. The van der Waals surface area contributed by atoms with Crippen molar-refractivity contribution in [2.45, 2.75) is 59.9 Å². The van der Waals surface area contributed by atoms with E-state index in [1.165, 1.54) is 11.7 Å². The first kappa shape index (κ1) is 30.8. The zero-order chi connectivity index (χ0) is 32.4. The van der Waals surface area contributed by atoms with E-state index in [9.17, 15) is 9.59 Å². The van der Waals surface area contributed by atoms with Crippen LogP contribution in [-0.2, 0) is 30.7 Å². The number of aromatic nitrogens is 8. The van der Waals surface area contributed by atoms with E-state index in [1.807, 2.05) is 59.2 Å². The molecular formula is C35H38N8O3. The van der Waals surface area contributed by atoms with Gasteiger partial charge in [-0.25, -0.2) is 14.3 Å². The van der Waals surface area contributed by atoms with Gasteiger partial charge in [-0.15, -0.1) is 10.2 Å². The van der Waals surface area contributed by atoms with Crippen molar-refractivity contribution >= 4 is 11.2 Å². The second-order valence-electron chi connectivity index (χ2n) is 12.7. The topological polar surface area (TPSA) is 126 Å². The fourth-order valence-electron chi connectivity index (χ4n) is 5.78. The summed E-state index contributed by atoms with van der Waals surface area (Å²) in [5.74, 6) is 1.28. The van der Waals surface area contributed by atoms with Crippen LogP contribution in [0.25, 0.3) is 33.7 Å². The molecule has 0 spiro atoms. The van der Waals surface area contributed by atoms with Gasteiger partial charge >= 0.3 is 5.69 Å². The van der Waals surface area contributed by atoms with Gasteiger partial charge in [-0.2, -0.15) is 5.21 Å². The number of hydrogen-bond donors (Lipinski definition) is 1. The normalized spacial score (nSPS) is 12.5. The number of imidazole rings is 1. The van der Waals surface area contributed by atoms with Gasteiger partial charge in [0, 0.05) is 32.2 Å². The van der Waals surface area contributed by atoms with Crippen molar-refractivity contribution in [1.82, 2.24) is 39.3 Å². The Morgan fingerprint density at radius 3 is 2.22 bits per heavy atom. The lowest BCUT2D eigenvalue weighted by atomic mass is 9.92. The van der Waals surface area contributed by atoms with Gasteiger partial charge in [0.15, 0.2) is 11.2 Å². The van der Waals surface area contributed by atoms with Crippen molar-refractivity contribution < 1.29 is 4.74 Å². The third-order valence-corrected chi connectivity index (χ3v) is 8.12. The number of tetrazole rings is 1. The molecule has 0 fully saturated rings. The molecule has 0 aliphatic rings. The van der Waals surface area contributed by atoms with E-state index in [1.54, 1.807) is 11.5 Å². The standard InChI is InChI=1S/C35H38N8O3/c1-23(46-5)43-33(44)30-32(41(34(43)45)20-19-24-11-7-6-8-12-24)36-29(21-35(2,3)4)42(30)22-25-15-17-26(18-16-25)27-13-9-10-14-28(27)31-37-39-40-38-31/h6-18,23H,19-22H2,1-5H3,(H,37,38,39,40). The first-order valence-electron chi connectivity index (χ1n) is 15.4. The van der Waals surface area contributed by atoms with E-state index in [2.05, 4.69) is 65.7 Å². The van der Waals surface area contributed by atoms with Gasteiger partial charge in [0.05, 0.1) is 0 Å². The molecule has 0 saturated carbocycles. The van der Waals surface area contributed by atoms with Crippen LogP contribution < -0.4 is 11.2 Å². The zero-order valence-electron chi connectivity index (χ0n) is 26.8. The SMILES string of the molecule is COC(C)n1c(=O)c2c(nc(CC(C)(C)C)n2Cc2ccc(-c3ccccc3-c3nn[nH]n3)cc2)n(CCc2ccccc2)c1=O. The number of aromatic amines is 1. The second-order valence-corrected chi connectivity index (χ2v) is 12.7. The molecule has 3 heterocycles. The Labute approximate surface area is 266 Å². The highest BCUT2D eigenvalue weighted by atomic mass is 16.5. The molecule has 0 aliphatic carbocycles. The molecule has 11 nitrogen and oxygen atoms in total. The summed E-state index contributed by atoms with van der Waals surface area (Å²) in [6, 6.07) is 26.1. The molecule has 3 aromatic carbocycles. The number of fused-ring (bicyclic) bond motifs is 1. The maximum absolute atomic E-state index is 14.1. The highest BCUT2D eigenvalue weighted by Crippen LogP contribution is 2.30. The number of ether oxygens (including phenoxy) is 1. The summed E-state index contributed by atoms with van der Waals surface area (Å²) in [7, 11) is 1.50. The molecule has 0 bridgehead atoms. The lowest BCUT2D eigenvalue weighted by Gasteiger charge is -2.19. The molecule has 0 radical (unpaired) electrons. The van der Waals surface area contributed by atoms with Crippen LogP contribution in [0.3, 0.4) is 0 Å². The third-order valence-electron chi connectivity index (χ3n) is 8.12. The number of benzene rings is 3. The predicted molar refractivity (Wildman–Crippen MR) is 177 cm³/mol. The van der Waals surface area contributed by atoms with Crippen molar-refractivity contribution in [3.8, 4) is 22.5 Å². The van der Waals surface area contributed by atoms with E-state index in [4.69, 9.17) is 9.72 Å². The number of hydrogen-bond acceptors (Lipinski definition) is 7. The summed E-state index contributed by atoms with van der Waals surface area (Å²) in [6.07, 6.45) is 0.480. The van der Waals surface area contributed by atoms with Gasteiger partial charge in [0.25, 0.3) is 5.56 Å². The van der Waals surface area contributed by atoms with E-state index >= 15 is 0 Å². The van der Waals surface area contributed by atoms with Crippen LogP contribution in [0, 0.1) is 5.41 Å². The summed E-state index contributed by atoms with van der Waals surface area (Å²) in [4.78, 5) is 33.0. The smallest absolute Gasteiger partial charge is 0.334 e. The van der Waals surface area contributed by atoms with Crippen LogP contribution in [0.5, 0.6) is 0 Å². The summed E-state index contributed by atoms with van der Waals surface area (Å²) in [6.45, 7) is 8.90. The molecular weight excluding hydrogens is 580 g/mol. The average Bonchev–Trinajstić information content (AvgIpc) is 3.70. The molecule has 1 N–H and O–H groups in total. The van der Waals surface area contributed by atoms with Crippen LogP contribution in [0.15, 0.2) is 88.5 Å². The fraction of sp³-hybridized carbons (Fsp3) is 0.314. The van der Waals surface area contributed by atoms with E-state index in [0.29, 0.717) is 42.9 Å². The minimum atomic E-state index is -0.750. The Kier molecular flexibility index (Phi) is 8.50. The molecule has 46 heavy (non-hydrogen) atoms. The van der Waals surface area contributed by atoms with Crippen molar-refractivity contribution in [1.29, 1.82) is 0 Å². The molecule has 3 aromatic heterocycles. The Balaban J connectivity index is 1.46. The highest BCUT2D eigenvalue weighted by molar-refractivity contribution is 5.80. The van der Waals surface area contributed by atoms with Crippen LogP contribution in [0.4, 0.5) is 0 Å². The molecule has 0 saturated heterocycles. The average molecular weight is 619 g/mol. The van der Waals surface area contributed by atoms with Gasteiger partial charge < -0.3 is 9.30 Å². The van der Waals surface area contributed by atoms with Gasteiger partial charge in [-0.05, 0) is 46.2 Å². The number of rotatable bonds is 10. The quantitative estimate of drug-likeness (QED) is 0.222. The Morgan fingerprint density at radius 1 is 0.870 bits per heavy atom. The molecule has 11 heteroatoms. The molecule has 1 atom stereocenters. The molecule has 0 amide bonds. The van der Waals surface area contributed by atoms with E-state index < -0.39 is 17.5 Å². The lowest BCUT2D eigenvalue weighted by Crippen LogP contribution is -2.43. The molecule has 236 valence electrons. The maximum Gasteiger partial charge on any atom is 0.334 e. The predicted octanol–water partition coefficient (Wildman–Crippen LogP) is 5.25. The van der Waals surface area contributed by atoms with Gasteiger partial charge in [-0.3, -0.25) is 9.36 Å². The number of aryl methyl sites for hydroxylation is 2. The van der Waals surface area contributed by atoms with Crippen LogP contribution in [-0.4, -0.2) is 46.4 Å². The Bertz CT molecular complexity index is 2070. The van der Waals surface area contributed by atoms with Crippen molar-refractivity contribution in [3.05, 3.63) is 117 Å². The molecule has 6 aromatic rings. The first-order valence-corrected chi connectivity index (χ1v) is 15.4. The minimum Gasteiger partial charge on any atom is -0.361 e. The van der Waals surface area contributed by atoms with Crippen molar-refractivity contribution in [2.24, 2.45) is 5.41 Å². The highest BCUT2D eigenvalue weighted by Gasteiger charge is 2.26. The first-order chi connectivity index (χ1) is 22.1. The van der Waals surface area contributed by atoms with Gasteiger partial charge in [0.1, 0.15) is 12.1 Å². The lowest BCUT2D eigenvalue weighted by molar-refractivity contribution is 0.0530. The third kappa shape index (κ3) is 6.18. The Hall–Kier alpha value is -5.16. The molecule has 0 aliphatic heterocycles.